The molecule has 0 aromatic carbocycles. The minimum Gasteiger partial charge on any atom is -0.444 e. The fraction of sp³-hybridized carbons (Fsp3) is 0.435. The molecule has 0 atom stereocenters. The maximum atomic E-state index is 13.3. The van der Waals surface area contributed by atoms with E-state index in [9.17, 15) is 22.8 Å². The van der Waals surface area contributed by atoms with Crippen molar-refractivity contribution in [1.29, 1.82) is 0 Å². The summed E-state index contributed by atoms with van der Waals surface area (Å²) in [7, 11) is 1.70. The van der Waals surface area contributed by atoms with Crippen LogP contribution in [0.25, 0.3) is 11.5 Å². The number of carbonyl (C=O) groups is 2. The van der Waals surface area contributed by atoms with E-state index in [4.69, 9.17) is 4.42 Å². The van der Waals surface area contributed by atoms with Gasteiger partial charge in [-0.25, -0.2) is 9.97 Å². The van der Waals surface area contributed by atoms with Crippen LogP contribution in [0.5, 0.6) is 0 Å². The molecule has 3 aromatic heterocycles. The molecule has 0 bridgehead atoms. The number of aryl methyl sites for hydroxylation is 1. The summed E-state index contributed by atoms with van der Waals surface area (Å²) in [4.78, 5) is 35.9. The van der Waals surface area contributed by atoms with E-state index in [1.54, 1.807) is 18.1 Å². The lowest BCUT2D eigenvalue weighted by Gasteiger charge is -2.31. The molecule has 2 aliphatic rings. The summed E-state index contributed by atoms with van der Waals surface area (Å²) in [5.41, 5.74) is 0.257. The van der Waals surface area contributed by atoms with E-state index in [-0.39, 0.29) is 23.3 Å². The lowest BCUT2D eigenvalue weighted by Crippen LogP contribution is -2.43. The van der Waals surface area contributed by atoms with E-state index >= 15 is 0 Å². The summed E-state index contributed by atoms with van der Waals surface area (Å²) in [6.45, 7) is 0.849. The number of nitrogens with one attached hydrogen (secondary N) is 3. The molecule has 5 rings (SSSR count). The number of hydrogen-bond acceptors (Lipinski definition) is 8. The fourth-order valence-electron chi connectivity index (χ4n) is 4.70. The van der Waals surface area contributed by atoms with Crippen LogP contribution < -0.4 is 20.9 Å². The van der Waals surface area contributed by atoms with Gasteiger partial charge in [-0.1, -0.05) is 0 Å². The largest absolute Gasteiger partial charge is 0.444 e. The lowest BCUT2D eigenvalue weighted by atomic mass is 9.78. The van der Waals surface area contributed by atoms with Crippen molar-refractivity contribution < 1.29 is 27.2 Å². The molecule has 14 heteroatoms. The number of carbonyl (C=O) groups excluding carboxylic acids is 2. The standard InChI is InChI=1S/C23H25F3N8O3/c1-33-11-15(18(32-33)34-9-5-22(21(34)36)3-7-27-8-4-22)30-19(35)16-12-37-20(31-16)14-2-6-28-17(10-14)29-13-23(24,25)26/h2,6,10-12,27H,3-5,7-9,13H2,1H3,(H,28,29)(H,30,35). The first-order valence-corrected chi connectivity index (χ1v) is 11.7. The number of anilines is 3. The van der Waals surface area contributed by atoms with Gasteiger partial charge in [-0.05, 0) is 44.5 Å². The zero-order chi connectivity index (χ0) is 26.2. The molecule has 0 radical (unpaired) electrons. The second kappa shape index (κ2) is 9.50. The Morgan fingerprint density at radius 3 is 2.81 bits per heavy atom. The van der Waals surface area contributed by atoms with E-state index < -0.39 is 24.0 Å². The Bertz CT molecular complexity index is 1310. The molecule has 196 valence electrons. The zero-order valence-electron chi connectivity index (χ0n) is 19.9. The molecule has 2 amide bonds. The minimum atomic E-state index is -4.40. The number of amides is 2. The number of halogens is 3. The van der Waals surface area contributed by atoms with Crippen molar-refractivity contribution >= 4 is 29.1 Å². The molecule has 3 aromatic rings. The van der Waals surface area contributed by atoms with Crippen molar-refractivity contribution in [1.82, 2.24) is 25.1 Å². The van der Waals surface area contributed by atoms with Crippen LogP contribution in [-0.2, 0) is 11.8 Å². The van der Waals surface area contributed by atoms with Crippen LogP contribution in [-0.4, -0.2) is 63.9 Å². The highest BCUT2D eigenvalue weighted by Crippen LogP contribution is 2.42. The Balaban J connectivity index is 1.30. The Labute approximate surface area is 209 Å². The van der Waals surface area contributed by atoms with Crippen LogP contribution in [0.4, 0.5) is 30.5 Å². The molecule has 0 unspecified atom stereocenters. The lowest BCUT2D eigenvalue weighted by molar-refractivity contribution is -0.126. The molecular formula is C23H25F3N8O3. The van der Waals surface area contributed by atoms with Crippen molar-refractivity contribution in [3.8, 4) is 11.5 Å². The average Bonchev–Trinajstić information content (AvgIpc) is 3.57. The molecule has 1 spiro atoms. The minimum absolute atomic E-state index is 0.0131. The van der Waals surface area contributed by atoms with Gasteiger partial charge in [0, 0.05) is 25.4 Å². The van der Waals surface area contributed by atoms with Crippen molar-refractivity contribution in [3.05, 3.63) is 36.5 Å². The van der Waals surface area contributed by atoms with Gasteiger partial charge in [0.25, 0.3) is 5.91 Å². The van der Waals surface area contributed by atoms with E-state index in [2.05, 4.69) is 31.0 Å². The van der Waals surface area contributed by atoms with Crippen LogP contribution in [0.3, 0.4) is 0 Å². The van der Waals surface area contributed by atoms with Gasteiger partial charge >= 0.3 is 6.18 Å². The van der Waals surface area contributed by atoms with Crippen LogP contribution >= 0.6 is 0 Å². The molecule has 11 nitrogen and oxygen atoms in total. The van der Waals surface area contributed by atoms with Crippen molar-refractivity contribution in [3.63, 3.8) is 0 Å². The zero-order valence-corrected chi connectivity index (χ0v) is 19.9. The molecule has 37 heavy (non-hydrogen) atoms. The van der Waals surface area contributed by atoms with Crippen LogP contribution in [0, 0.1) is 5.41 Å². The van der Waals surface area contributed by atoms with Gasteiger partial charge in [-0.2, -0.15) is 18.3 Å². The molecule has 2 aliphatic heterocycles. The van der Waals surface area contributed by atoms with Crippen LogP contribution in [0.1, 0.15) is 29.8 Å². The number of nitrogens with zero attached hydrogens (tertiary/aromatic N) is 5. The molecule has 3 N–H and O–H groups in total. The van der Waals surface area contributed by atoms with Gasteiger partial charge in [0.2, 0.25) is 11.8 Å². The summed E-state index contributed by atoms with van der Waals surface area (Å²) in [5.74, 6) is -0.177. The third kappa shape index (κ3) is 5.14. The smallest absolute Gasteiger partial charge is 0.405 e. The number of piperidine rings is 1. The number of oxazole rings is 1. The van der Waals surface area contributed by atoms with Crippen LogP contribution in [0.15, 0.2) is 35.2 Å². The number of alkyl halides is 3. The van der Waals surface area contributed by atoms with Crippen molar-refractivity contribution in [2.75, 3.05) is 41.7 Å². The Kier molecular flexibility index (Phi) is 6.35. The third-order valence-electron chi connectivity index (χ3n) is 6.60. The molecule has 2 saturated heterocycles. The number of rotatable bonds is 6. The monoisotopic (exact) mass is 518 g/mol. The maximum Gasteiger partial charge on any atom is 0.405 e. The molecular weight excluding hydrogens is 493 g/mol. The quantitative estimate of drug-likeness (QED) is 0.454. The first-order valence-electron chi connectivity index (χ1n) is 11.7. The summed E-state index contributed by atoms with van der Waals surface area (Å²) in [5, 5.41) is 12.6. The number of pyridine rings is 1. The van der Waals surface area contributed by atoms with E-state index in [0.29, 0.717) is 23.6 Å². The summed E-state index contributed by atoms with van der Waals surface area (Å²) in [6, 6.07) is 2.84. The first kappa shape index (κ1) is 24.7. The average molecular weight is 519 g/mol. The highest BCUT2D eigenvalue weighted by atomic mass is 19.4. The Morgan fingerprint density at radius 1 is 1.27 bits per heavy atom. The Hall–Kier alpha value is -3.94. The van der Waals surface area contributed by atoms with E-state index in [1.165, 1.54) is 23.0 Å². The topological polar surface area (TPSA) is 130 Å². The Morgan fingerprint density at radius 2 is 2.05 bits per heavy atom. The molecule has 0 aliphatic carbocycles. The maximum absolute atomic E-state index is 13.3. The second-order valence-corrected chi connectivity index (χ2v) is 9.17. The molecule has 2 fully saturated rings. The van der Waals surface area contributed by atoms with Gasteiger partial charge in [0.05, 0.1) is 11.6 Å². The van der Waals surface area contributed by atoms with Gasteiger partial charge in [-0.3, -0.25) is 19.2 Å². The second-order valence-electron chi connectivity index (χ2n) is 9.17. The highest BCUT2D eigenvalue weighted by molar-refractivity contribution is 6.07. The van der Waals surface area contributed by atoms with Crippen molar-refractivity contribution in [2.45, 2.75) is 25.4 Å². The fourth-order valence-corrected chi connectivity index (χ4v) is 4.70. The van der Waals surface area contributed by atoms with Gasteiger partial charge < -0.3 is 20.4 Å². The summed E-state index contributed by atoms with van der Waals surface area (Å²) >= 11 is 0. The van der Waals surface area contributed by atoms with Gasteiger partial charge in [0.1, 0.15) is 24.3 Å². The summed E-state index contributed by atoms with van der Waals surface area (Å²) in [6.07, 6.45) is 1.93. The van der Waals surface area contributed by atoms with Crippen molar-refractivity contribution in [2.24, 2.45) is 12.5 Å². The predicted octanol–water partition coefficient (Wildman–Crippen LogP) is 2.80. The number of aromatic nitrogens is 4. The van der Waals surface area contributed by atoms with E-state index in [0.717, 1.165) is 38.6 Å². The summed E-state index contributed by atoms with van der Waals surface area (Å²) < 4.78 is 44.4. The van der Waals surface area contributed by atoms with E-state index in [1.807, 2.05) is 0 Å². The SMILES string of the molecule is Cn1cc(NC(=O)c2coc(-c3ccnc(NCC(F)(F)F)c3)n2)c(N2CCC3(CCNCC3)C2=O)n1. The number of hydrogen-bond donors (Lipinski definition) is 3. The predicted molar refractivity (Wildman–Crippen MR) is 127 cm³/mol. The normalized spacial score (nSPS) is 17.4. The van der Waals surface area contributed by atoms with Crippen LogP contribution in [0.2, 0.25) is 0 Å². The highest BCUT2D eigenvalue weighted by Gasteiger charge is 2.48. The third-order valence-corrected chi connectivity index (χ3v) is 6.60. The van der Waals surface area contributed by atoms with Gasteiger partial charge in [-0.15, -0.1) is 0 Å². The van der Waals surface area contributed by atoms with Gasteiger partial charge in [0.15, 0.2) is 11.5 Å². The molecule has 5 heterocycles. The molecule has 0 saturated carbocycles. The first-order chi connectivity index (χ1) is 17.6.